The Hall–Kier alpha value is -3.53. The van der Waals surface area contributed by atoms with E-state index >= 15 is 0 Å². The summed E-state index contributed by atoms with van der Waals surface area (Å²) in [6.07, 6.45) is -1.04. The third-order valence-corrected chi connectivity index (χ3v) is 5.22. The van der Waals surface area contributed by atoms with Crippen LogP contribution in [0.5, 0.6) is 0 Å². The fraction of sp³-hybridized carbons (Fsp3) is 0.194. The van der Waals surface area contributed by atoms with Crippen molar-refractivity contribution in [1.82, 2.24) is 0 Å². The molecule has 1 unspecified atom stereocenters. The highest BCUT2D eigenvalue weighted by atomic mass is 16.5. The van der Waals surface area contributed by atoms with Crippen LogP contribution in [0, 0.1) is 5.92 Å². The van der Waals surface area contributed by atoms with Gasteiger partial charge in [-0.05, 0) is 22.6 Å². The Labute approximate surface area is 202 Å². The highest BCUT2D eigenvalue weighted by Gasteiger charge is 2.18. The monoisotopic (exact) mass is 452 g/mol. The first-order chi connectivity index (χ1) is 16.6. The standard InChI is InChI=1S/C17H20O.C14H12O2/c1-14(2)13-18-17(15-9-5-3-6-10-15)16-11-7-4-8-12-16;15-13(11-7-3-1-4-8-11)14(16)12-9-5-2-6-10-12/h3-12,14,17H,13H2,1-2H3;1-10,13,15H. The number of hydrogen-bond acceptors (Lipinski definition) is 3. The summed E-state index contributed by atoms with van der Waals surface area (Å²) in [6.45, 7) is 5.12. The van der Waals surface area contributed by atoms with Crippen LogP contribution in [0.2, 0.25) is 0 Å². The van der Waals surface area contributed by atoms with E-state index in [-0.39, 0.29) is 11.9 Å². The number of benzene rings is 4. The molecule has 0 amide bonds. The van der Waals surface area contributed by atoms with E-state index in [0.29, 0.717) is 17.0 Å². The van der Waals surface area contributed by atoms with Crippen molar-refractivity contribution in [1.29, 1.82) is 0 Å². The van der Waals surface area contributed by atoms with Crippen LogP contribution in [0.3, 0.4) is 0 Å². The molecule has 4 rings (SSSR count). The summed E-state index contributed by atoms with van der Waals surface area (Å²) in [7, 11) is 0. The quantitative estimate of drug-likeness (QED) is 0.291. The van der Waals surface area contributed by atoms with Gasteiger partial charge in [0.05, 0.1) is 6.61 Å². The predicted molar refractivity (Wildman–Crippen MR) is 138 cm³/mol. The average molecular weight is 453 g/mol. The van der Waals surface area contributed by atoms with Gasteiger partial charge in [-0.1, -0.05) is 135 Å². The first-order valence-electron chi connectivity index (χ1n) is 11.6. The summed E-state index contributed by atoms with van der Waals surface area (Å²) < 4.78 is 6.08. The third kappa shape index (κ3) is 7.51. The SMILES string of the molecule is CC(C)COC(c1ccccc1)c1ccccc1.O=C(c1ccccc1)C(O)c1ccccc1. The molecule has 0 saturated carbocycles. The van der Waals surface area contributed by atoms with Crippen molar-refractivity contribution in [2.75, 3.05) is 6.61 Å². The zero-order valence-corrected chi connectivity index (χ0v) is 19.7. The number of carbonyl (C=O) groups excluding carboxylic acids is 1. The van der Waals surface area contributed by atoms with Crippen molar-refractivity contribution in [2.45, 2.75) is 26.1 Å². The van der Waals surface area contributed by atoms with E-state index in [2.05, 4.69) is 62.4 Å². The zero-order chi connectivity index (χ0) is 24.2. The second kappa shape index (κ2) is 13.2. The lowest BCUT2D eigenvalue weighted by molar-refractivity contribution is 0.0602. The van der Waals surface area contributed by atoms with Crippen molar-refractivity contribution in [3.8, 4) is 0 Å². The van der Waals surface area contributed by atoms with E-state index in [0.717, 1.165) is 6.61 Å². The first kappa shape index (κ1) is 25.1. The minimum Gasteiger partial charge on any atom is -0.380 e. The first-order valence-corrected chi connectivity index (χ1v) is 11.6. The summed E-state index contributed by atoms with van der Waals surface area (Å²) >= 11 is 0. The summed E-state index contributed by atoms with van der Waals surface area (Å²) in [5.74, 6) is 0.270. The molecule has 0 aliphatic heterocycles. The molecule has 0 aromatic heterocycles. The Morgan fingerprint density at radius 1 is 0.647 bits per heavy atom. The molecule has 4 aromatic carbocycles. The molecule has 0 radical (unpaired) electrons. The van der Waals surface area contributed by atoms with Gasteiger partial charge in [0, 0.05) is 5.56 Å². The van der Waals surface area contributed by atoms with E-state index in [1.807, 2.05) is 24.3 Å². The van der Waals surface area contributed by atoms with Gasteiger partial charge >= 0.3 is 0 Å². The predicted octanol–water partition coefficient (Wildman–Crippen LogP) is 7.05. The second-order valence-corrected chi connectivity index (χ2v) is 8.47. The average Bonchev–Trinajstić information content (AvgIpc) is 2.90. The highest BCUT2D eigenvalue weighted by Crippen LogP contribution is 2.26. The minimum absolute atomic E-state index is 0.0369. The van der Waals surface area contributed by atoms with E-state index in [1.165, 1.54) is 11.1 Å². The molecule has 0 aliphatic carbocycles. The fourth-order valence-electron chi connectivity index (χ4n) is 3.48. The van der Waals surface area contributed by atoms with Gasteiger partial charge in [0.2, 0.25) is 0 Å². The normalized spacial score (nSPS) is 11.6. The molecule has 0 heterocycles. The third-order valence-electron chi connectivity index (χ3n) is 5.22. The molecule has 34 heavy (non-hydrogen) atoms. The Kier molecular flexibility index (Phi) is 9.78. The molecule has 174 valence electrons. The molecule has 0 spiro atoms. The Morgan fingerprint density at radius 3 is 1.44 bits per heavy atom. The number of aliphatic hydroxyl groups is 1. The molecule has 1 atom stereocenters. The van der Waals surface area contributed by atoms with Gasteiger partial charge in [-0.15, -0.1) is 0 Å². The number of aliphatic hydroxyl groups excluding tert-OH is 1. The lowest BCUT2D eigenvalue weighted by atomic mass is 10.0. The molecular formula is C31H32O3. The van der Waals surface area contributed by atoms with Gasteiger partial charge in [-0.25, -0.2) is 0 Å². The van der Waals surface area contributed by atoms with Crippen molar-refractivity contribution in [3.63, 3.8) is 0 Å². The molecule has 0 bridgehead atoms. The van der Waals surface area contributed by atoms with Gasteiger partial charge in [-0.2, -0.15) is 0 Å². The molecular weight excluding hydrogens is 420 g/mol. The van der Waals surface area contributed by atoms with Gasteiger partial charge in [0.25, 0.3) is 0 Å². The van der Waals surface area contributed by atoms with Gasteiger partial charge in [-0.3, -0.25) is 4.79 Å². The smallest absolute Gasteiger partial charge is 0.195 e. The number of Topliss-reactive ketones (excluding diaryl/α,β-unsaturated/α-hetero) is 1. The van der Waals surface area contributed by atoms with E-state index in [4.69, 9.17) is 4.74 Å². The van der Waals surface area contributed by atoms with Crippen LogP contribution in [0.1, 0.15) is 53.1 Å². The maximum absolute atomic E-state index is 11.9. The summed E-state index contributed by atoms with van der Waals surface area (Å²) in [4.78, 5) is 11.9. The van der Waals surface area contributed by atoms with Crippen molar-refractivity contribution in [3.05, 3.63) is 144 Å². The van der Waals surface area contributed by atoms with Crippen molar-refractivity contribution < 1.29 is 14.6 Å². The molecule has 4 aromatic rings. The maximum Gasteiger partial charge on any atom is 0.195 e. The summed E-state index contributed by atoms with van der Waals surface area (Å²) in [5, 5.41) is 9.89. The van der Waals surface area contributed by atoms with Crippen LogP contribution in [-0.4, -0.2) is 17.5 Å². The van der Waals surface area contributed by atoms with Crippen LogP contribution >= 0.6 is 0 Å². The number of carbonyl (C=O) groups is 1. The van der Waals surface area contributed by atoms with Crippen LogP contribution < -0.4 is 0 Å². The number of rotatable bonds is 8. The number of hydrogen-bond donors (Lipinski definition) is 1. The van der Waals surface area contributed by atoms with Crippen LogP contribution in [-0.2, 0) is 4.74 Å². The van der Waals surface area contributed by atoms with Crippen LogP contribution in [0.4, 0.5) is 0 Å². The molecule has 3 heteroatoms. The maximum atomic E-state index is 11.9. The van der Waals surface area contributed by atoms with Crippen molar-refractivity contribution in [2.24, 2.45) is 5.92 Å². The Bertz CT molecular complexity index is 1060. The largest absolute Gasteiger partial charge is 0.380 e. The molecule has 1 N–H and O–H groups in total. The Morgan fingerprint density at radius 2 is 1.03 bits per heavy atom. The topological polar surface area (TPSA) is 46.5 Å². The zero-order valence-electron chi connectivity index (χ0n) is 19.7. The lowest BCUT2D eigenvalue weighted by Crippen LogP contribution is -2.11. The lowest BCUT2D eigenvalue weighted by Gasteiger charge is -2.20. The van der Waals surface area contributed by atoms with Crippen molar-refractivity contribution >= 4 is 5.78 Å². The molecule has 0 saturated heterocycles. The number of ketones is 1. The fourth-order valence-corrected chi connectivity index (χ4v) is 3.48. The Balaban J connectivity index is 0.000000192. The van der Waals surface area contributed by atoms with Gasteiger partial charge < -0.3 is 9.84 Å². The van der Waals surface area contributed by atoms with Gasteiger partial charge in [0.15, 0.2) is 5.78 Å². The molecule has 3 nitrogen and oxygen atoms in total. The highest BCUT2D eigenvalue weighted by molar-refractivity contribution is 5.99. The van der Waals surface area contributed by atoms with E-state index < -0.39 is 6.10 Å². The summed E-state index contributed by atoms with van der Waals surface area (Å²) in [6, 6.07) is 38.6. The van der Waals surface area contributed by atoms with Crippen LogP contribution in [0.15, 0.2) is 121 Å². The van der Waals surface area contributed by atoms with Gasteiger partial charge in [0.1, 0.15) is 12.2 Å². The minimum atomic E-state index is -1.08. The summed E-state index contributed by atoms with van der Waals surface area (Å²) in [5.41, 5.74) is 3.57. The molecule has 0 aliphatic rings. The van der Waals surface area contributed by atoms with Crippen LogP contribution in [0.25, 0.3) is 0 Å². The molecule has 0 fully saturated rings. The second-order valence-electron chi connectivity index (χ2n) is 8.47. The number of ether oxygens (including phenoxy) is 1. The van der Waals surface area contributed by atoms with E-state index in [9.17, 15) is 9.90 Å². The van der Waals surface area contributed by atoms with E-state index in [1.54, 1.807) is 48.5 Å².